The Hall–Kier alpha value is -2.69. The van der Waals surface area contributed by atoms with Crippen LogP contribution < -0.4 is 4.57 Å². The molecule has 0 radical (unpaired) electrons. The molecule has 0 saturated carbocycles. The van der Waals surface area contributed by atoms with Crippen LogP contribution >= 0.6 is 0 Å². The highest BCUT2D eigenvalue weighted by Crippen LogP contribution is 2.30. The minimum atomic E-state index is 0.887. The Balaban J connectivity index is 1.99. The Morgan fingerprint density at radius 2 is 2.15 bits per heavy atom. The van der Waals surface area contributed by atoms with Gasteiger partial charge >= 0.3 is 5.82 Å². The Morgan fingerprint density at radius 3 is 3.10 bits per heavy atom. The van der Waals surface area contributed by atoms with Crippen molar-refractivity contribution >= 4 is 16.6 Å². The van der Waals surface area contributed by atoms with E-state index in [0.717, 1.165) is 12.2 Å². The van der Waals surface area contributed by atoms with Crippen LogP contribution in [0.5, 0.6) is 0 Å². The summed E-state index contributed by atoms with van der Waals surface area (Å²) in [5.74, 6) is 1.19. The minimum absolute atomic E-state index is 0.887. The van der Waals surface area contributed by atoms with Gasteiger partial charge in [0, 0.05) is 18.0 Å². The lowest BCUT2D eigenvalue weighted by atomic mass is 10.2. The summed E-state index contributed by atoms with van der Waals surface area (Å²) < 4.78 is 6.65. The van der Waals surface area contributed by atoms with Crippen LogP contribution in [-0.4, -0.2) is 18.9 Å². The fraction of sp³-hybridized carbons (Fsp3) is 0.133. The average Bonchev–Trinajstić information content (AvgIpc) is 3.10. The fourth-order valence-corrected chi connectivity index (χ4v) is 3.30. The highest BCUT2D eigenvalue weighted by molar-refractivity contribution is 5.91. The van der Waals surface area contributed by atoms with Crippen molar-refractivity contribution in [1.82, 2.24) is 18.9 Å². The minimum Gasteiger partial charge on any atom is -0.299 e. The third-order valence-electron chi connectivity index (χ3n) is 4.17. The van der Waals surface area contributed by atoms with E-state index in [4.69, 9.17) is 0 Å². The van der Waals surface area contributed by atoms with Crippen molar-refractivity contribution in [2.24, 2.45) is 7.05 Å². The zero-order valence-corrected chi connectivity index (χ0v) is 11.0. The Bertz CT molecular complexity index is 992. The molecule has 5 nitrogen and oxygen atoms in total. The molecule has 0 N–H and O–H groups in total. The molecule has 5 heteroatoms. The Kier molecular flexibility index (Phi) is 1.65. The monoisotopic (exact) mass is 262 g/mol. The third-order valence-corrected chi connectivity index (χ3v) is 4.17. The molecule has 1 aliphatic heterocycles. The van der Waals surface area contributed by atoms with Gasteiger partial charge in [-0.25, -0.2) is 19.1 Å². The maximum atomic E-state index is 4.56. The number of aromatic nitrogens is 5. The Morgan fingerprint density at radius 1 is 1.20 bits per heavy atom. The predicted octanol–water partition coefficient (Wildman–Crippen LogP) is 1.54. The lowest BCUT2D eigenvalue weighted by Gasteiger charge is -1.94. The van der Waals surface area contributed by atoms with Crippen molar-refractivity contribution in [3.05, 3.63) is 48.7 Å². The van der Waals surface area contributed by atoms with Gasteiger partial charge in [0.05, 0.1) is 25.1 Å². The largest absolute Gasteiger partial charge is 0.309 e. The van der Waals surface area contributed by atoms with Gasteiger partial charge in [0.1, 0.15) is 6.54 Å². The number of imidazole rings is 1. The molecule has 4 aromatic heterocycles. The second-order valence-electron chi connectivity index (χ2n) is 5.22. The molecule has 0 aliphatic carbocycles. The van der Waals surface area contributed by atoms with Crippen LogP contribution in [0.1, 0.15) is 5.56 Å². The number of hydrogen-bond acceptors (Lipinski definition) is 2. The summed E-state index contributed by atoms with van der Waals surface area (Å²) in [6.07, 6.45) is 7.69. The quantitative estimate of drug-likeness (QED) is 0.397. The van der Waals surface area contributed by atoms with E-state index in [2.05, 4.69) is 48.9 Å². The summed E-state index contributed by atoms with van der Waals surface area (Å²) in [5, 5.41) is 0. The van der Waals surface area contributed by atoms with Gasteiger partial charge in [-0.2, -0.15) is 0 Å². The molecule has 0 unspecified atom stereocenters. The predicted molar refractivity (Wildman–Crippen MR) is 74.2 cm³/mol. The van der Waals surface area contributed by atoms with Gasteiger partial charge in [0.25, 0.3) is 0 Å². The first-order valence-corrected chi connectivity index (χ1v) is 6.62. The second-order valence-corrected chi connectivity index (χ2v) is 5.22. The van der Waals surface area contributed by atoms with E-state index < -0.39 is 0 Å². The van der Waals surface area contributed by atoms with Crippen molar-refractivity contribution in [3.63, 3.8) is 0 Å². The first-order valence-electron chi connectivity index (χ1n) is 6.62. The SMILES string of the molecule is Cn1c2[n+](c3c1cn1cnccc31)Cc1cccnc1-2. The van der Waals surface area contributed by atoms with E-state index in [1.807, 2.05) is 24.8 Å². The van der Waals surface area contributed by atoms with Gasteiger partial charge < -0.3 is 0 Å². The molecule has 0 aromatic carbocycles. The van der Waals surface area contributed by atoms with E-state index >= 15 is 0 Å². The van der Waals surface area contributed by atoms with Gasteiger partial charge in [0.15, 0.2) is 11.2 Å². The van der Waals surface area contributed by atoms with Crippen LogP contribution in [0, 0.1) is 0 Å². The summed E-state index contributed by atoms with van der Waals surface area (Å²) >= 11 is 0. The number of fused-ring (bicyclic) bond motifs is 7. The van der Waals surface area contributed by atoms with E-state index in [9.17, 15) is 0 Å². The number of pyridine rings is 1. The van der Waals surface area contributed by atoms with Crippen molar-refractivity contribution in [3.8, 4) is 11.5 Å². The summed E-state index contributed by atoms with van der Waals surface area (Å²) in [4.78, 5) is 8.74. The van der Waals surface area contributed by atoms with Crippen LogP contribution in [0.3, 0.4) is 0 Å². The van der Waals surface area contributed by atoms with Crippen LogP contribution in [-0.2, 0) is 13.6 Å². The molecule has 96 valence electrons. The molecule has 0 amide bonds. The van der Waals surface area contributed by atoms with Gasteiger partial charge in [-0.05, 0) is 12.1 Å². The molecule has 1 aliphatic rings. The van der Waals surface area contributed by atoms with Crippen molar-refractivity contribution in [2.75, 3.05) is 0 Å². The lowest BCUT2D eigenvalue weighted by molar-refractivity contribution is -0.645. The number of nitrogens with zero attached hydrogens (tertiary/aromatic N) is 5. The highest BCUT2D eigenvalue weighted by atomic mass is 15.2. The topological polar surface area (TPSA) is 39.0 Å². The van der Waals surface area contributed by atoms with Crippen molar-refractivity contribution in [1.29, 1.82) is 0 Å². The molecule has 5 rings (SSSR count). The lowest BCUT2D eigenvalue weighted by Crippen LogP contribution is -2.31. The Labute approximate surface area is 114 Å². The third kappa shape index (κ3) is 1.02. The van der Waals surface area contributed by atoms with Crippen LogP contribution in [0.15, 0.2) is 43.1 Å². The summed E-state index contributed by atoms with van der Waals surface area (Å²) in [6.45, 7) is 0.887. The zero-order valence-electron chi connectivity index (χ0n) is 11.0. The standard InChI is InChI=1S/C15H12N5/c1-18-12-8-19-9-16-6-4-11(19)14(12)20-7-10-3-2-5-17-13(10)15(18)20/h2-6,8-9H,7H2,1H3/q+1. The summed E-state index contributed by atoms with van der Waals surface area (Å²) in [7, 11) is 2.10. The average molecular weight is 262 g/mol. The highest BCUT2D eigenvalue weighted by Gasteiger charge is 2.35. The van der Waals surface area contributed by atoms with E-state index in [1.165, 1.54) is 27.9 Å². The molecular weight excluding hydrogens is 250 g/mol. The summed E-state index contributed by atoms with van der Waals surface area (Å²) in [5.41, 5.74) is 6.03. The number of aryl methyl sites for hydroxylation is 1. The van der Waals surface area contributed by atoms with Crippen LogP contribution in [0.25, 0.3) is 28.1 Å². The van der Waals surface area contributed by atoms with Crippen molar-refractivity contribution < 1.29 is 4.57 Å². The second kappa shape index (κ2) is 3.25. The van der Waals surface area contributed by atoms with Crippen molar-refractivity contribution in [2.45, 2.75) is 6.54 Å². The van der Waals surface area contributed by atoms with E-state index in [0.29, 0.717) is 0 Å². The molecule has 0 saturated heterocycles. The maximum absolute atomic E-state index is 4.56. The molecule has 0 spiro atoms. The van der Waals surface area contributed by atoms with Gasteiger partial charge in [0.2, 0.25) is 5.52 Å². The first-order chi connectivity index (χ1) is 9.84. The number of hydrogen-bond donors (Lipinski definition) is 0. The molecule has 0 fully saturated rings. The van der Waals surface area contributed by atoms with E-state index in [1.54, 1.807) is 0 Å². The van der Waals surface area contributed by atoms with Gasteiger partial charge in [-0.15, -0.1) is 0 Å². The molecular formula is C15H12N5+. The molecule has 4 aromatic rings. The number of rotatable bonds is 0. The first kappa shape index (κ1) is 10.1. The smallest absolute Gasteiger partial charge is 0.299 e. The van der Waals surface area contributed by atoms with Gasteiger partial charge in [-0.3, -0.25) is 4.40 Å². The normalized spacial score (nSPS) is 13.1. The molecule has 0 bridgehead atoms. The molecule has 5 heterocycles. The van der Waals surface area contributed by atoms with Crippen LogP contribution in [0.4, 0.5) is 0 Å². The maximum Gasteiger partial charge on any atom is 0.309 e. The summed E-state index contributed by atoms with van der Waals surface area (Å²) in [6, 6.07) is 6.22. The molecule has 0 atom stereocenters. The van der Waals surface area contributed by atoms with E-state index in [-0.39, 0.29) is 0 Å². The molecule has 20 heavy (non-hydrogen) atoms. The zero-order chi connectivity index (χ0) is 13.3. The van der Waals surface area contributed by atoms with Gasteiger partial charge in [-0.1, -0.05) is 6.07 Å². The fourth-order valence-electron chi connectivity index (χ4n) is 3.30. The van der Waals surface area contributed by atoms with Crippen LogP contribution in [0.2, 0.25) is 0 Å².